The van der Waals surface area contributed by atoms with Gasteiger partial charge in [0.2, 0.25) is 0 Å². The molecule has 3 rings (SSSR count). The quantitative estimate of drug-likeness (QED) is 0.789. The van der Waals surface area contributed by atoms with Crippen molar-refractivity contribution in [2.75, 3.05) is 37.6 Å². The van der Waals surface area contributed by atoms with Gasteiger partial charge in [0, 0.05) is 31.6 Å². The number of hydrogen-bond donors (Lipinski definition) is 0. The standard InChI is InChI=1S/C14H17ClN4/c1-2-18-5-7-19(8-6-18)14-4-3-11-9-13(15)16-10-12(11)17-14/h3-4,9-10H,2,5-8H2,1H3. The van der Waals surface area contributed by atoms with Gasteiger partial charge in [-0.25, -0.2) is 9.97 Å². The monoisotopic (exact) mass is 276 g/mol. The molecule has 0 atom stereocenters. The Bertz CT molecular complexity index is 579. The van der Waals surface area contributed by atoms with Crippen LogP contribution in [0.5, 0.6) is 0 Å². The maximum atomic E-state index is 5.88. The summed E-state index contributed by atoms with van der Waals surface area (Å²) < 4.78 is 0. The average molecular weight is 277 g/mol. The minimum atomic E-state index is 0.513. The predicted molar refractivity (Wildman–Crippen MR) is 78.9 cm³/mol. The summed E-state index contributed by atoms with van der Waals surface area (Å²) in [5, 5.41) is 1.55. The molecule has 1 aliphatic rings. The number of aromatic nitrogens is 2. The van der Waals surface area contributed by atoms with Gasteiger partial charge >= 0.3 is 0 Å². The van der Waals surface area contributed by atoms with Crippen LogP contribution in [0.2, 0.25) is 5.15 Å². The highest BCUT2D eigenvalue weighted by Gasteiger charge is 2.16. The first-order valence-corrected chi connectivity index (χ1v) is 7.03. The molecule has 2 aromatic heterocycles. The van der Waals surface area contributed by atoms with Crippen molar-refractivity contribution in [2.45, 2.75) is 6.92 Å². The summed E-state index contributed by atoms with van der Waals surface area (Å²) in [4.78, 5) is 13.6. The number of anilines is 1. The van der Waals surface area contributed by atoms with Crippen molar-refractivity contribution in [1.82, 2.24) is 14.9 Å². The van der Waals surface area contributed by atoms with Crippen LogP contribution in [0.15, 0.2) is 24.4 Å². The number of piperazine rings is 1. The number of pyridine rings is 2. The van der Waals surface area contributed by atoms with Crippen LogP contribution in [-0.4, -0.2) is 47.6 Å². The first-order valence-electron chi connectivity index (χ1n) is 6.66. The number of fused-ring (bicyclic) bond motifs is 1. The van der Waals surface area contributed by atoms with Crippen molar-refractivity contribution in [3.63, 3.8) is 0 Å². The summed E-state index contributed by atoms with van der Waals surface area (Å²) in [6.07, 6.45) is 1.74. The zero-order valence-corrected chi connectivity index (χ0v) is 11.8. The van der Waals surface area contributed by atoms with Gasteiger partial charge in [-0.1, -0.05) is 18.5 Å². The Morgan fingerprint density at radius 2 is 2.00 bits per heavy atom. The minimum Gasteiger partial charge on any atom is -0.354 e. The summed E-state index contributed by atoms with van der Waals surface area (Å²) in [6.45, 7) is 7.62. The summed E-state index contributed by atoms with van der Waals surface area (Å²) >= 11 is 5.88. The van der Waals surface area contributed by atoms with Crippen molar-refractivity contribution in [1.29, 1.82) is 0 Å². The minimum absolute atomic E-state index is 0.513. The molecule has 0 aliphatic carbocycles. The first-order chi connectivity index (χ1) is 9.26. The fraction of sp³-hybridized carbons (Fsp3) is 0.429. The molecule has 0 aromatic carbocycles. The summed E-state index contributed by atoms with van der Waals surface area (Å²) in [6, 6.07) is 5.99. The number of halogens is 1. The average Bonchev–Trinajstić information content (AvgIpc) is 2.47. The lowest BCUT2D eigenvalue weighted by molar-refractivity contribution is 0.270. The third-order valence-electron chi connectivity index (χ3n) is 3.67. The van der Waals surface area contributed by atoms with Crippen LogP contribution in [-0.2, 0) is 0 Å². The van der Waals surface area contributed by atoms with Crippen molar-refractivity contribution in [2.24, 2.45) is 0 Å². The van der Waals surface area contributed by atoms with Gasteiger partial charge in [-0.15, -0.1) is 0 Å². The summed E-state index contributed by atoms with van der Waals surface area (Å²) in [5.41, 5.74) is 0.903. The molecule has 0 unspecified atom stereocenters. The van der Waals surface area contributed by atoms with Crippen LogP contribution in [0.1, 0.15) is 6.92 Å². The van der Waals surface area contributed by atoms with E-state index in [1.807, 2.05) is 6.07 Å². The molecule has 2 aromatic rings. The van der Waals surface area contributed by atoms with Crippen LogP contribution in [0.25, 0.3) is 10.9 Å². The molecule has 5 heteroatoms. The lowest BCUT2D eigenvalue weighted by Crippen LogP contribution is -2.46. The smallest absolute Gasteiger partial charge is 0.129 e. The Balaban J connectivity index is 1.84. The molecule has 3 heterocycles. The predicted octanol–water partition coefficient (Wildman–Crippen LogP) is 2.43. The van der Waals surface area contributed by atoms with Gasteiger partial charge < -0.3 is 9.80 Å². The number of hydrogen-bond acceptors (Lipinski definition) is 4. The largest absolute Gasteiger partial charge is 0.354 e. The highest BCUT2D eigenvalue weighted by atomic mass is 35.5. The third-order valence-corrected chi connectivity index (χ3v) is 3.88. The van der Waals surface area contributed by atoms with E-state index in [0.29, 0.717) is 5.15 Å². The van der Waals surface area contributed by atoms with Crippen LogP contribution in [0.3, 0.4) is 0 Å². The van der Waals surface area contributed by atoms with Gasteiger partial charge in [-0.3, -0.25) is 0 Å². The zero-order chi connectivity index (χ0) is 13.2. The second kappa shape index (κ2) is 5.31. The van der Waals surface area contributed by atoms with Crippen LogP contribution >= 0.6 is 11.6 Å². The second-order valence-electron chi connectivity index (χ2n) is 4.79. The van der Waals surface area contributed by atoms with Crippen LogP contribution in [0.4, 0.5) is 5.82 Å². The lowest BCUT2D eigenvalue weighted by atomic mass is 10.2. The van der Waals surface area contributed by atoms with Crippen LogP contribution in [0, 0.1) is 0 Å². The molecule has 4 nitrogen and oxygen atoms in total. The maximum Gasteiger partial charge on any atom is 0.129 e. The molecular weight excluding hydrogens is 260 g/mol. The third kappa shape index (κ3) is 2.65. The van der Waals surface area contributed by atoms with E-state index in [-0.39, 0.29) is 0 Å². The second-order valence-corrected chi connectivity index (χ2v) is 5.18. The van der Waals surface area contributed by atoms with Gasteiger partial charge in [-0.2, -0.15) is 0 Å². The van der Waals surface area contributed by atoms with E-state index in [1.54, 1.807) is 6.20 Å². The van der Waals surface area contributed by atoms with E-state index in [4.69, 9.17) is 11.6 Å². The van der Waals surface area contributed by atoms with Crippen LogP contribution < -0.4 is 4.90 Å². The van der Waals surface area contributed by atoms with E-state index >= 15 is 0 Å². The van der Waals surface area contributed by atoms with E-state index in [0.717, 1.165) is 49.4 Å². The Morgan fingerprint density at radius 3 is 2.74 bits per heavy atom. The molecule has 0 amide bonds. The Labute approximate surface area is 118 Å². The van der Waals surface area contributed by atoms with E-state index in [9.17, 15) is 0 Å². The van der Waals surface area contributed by atoms with Crippen molar-refractivity contribution < 1.29 is 0 Å². The highest BCUT2D eigenvalue weighted by Crippen LogP contribution is 2.20. The Kier molecular flexibility index (Phi) is 3.53. The molecule has 100 valence electrons. The molecular formula is C14H17ClN4. The van der Waals surface area contributed by atoms with Gasteiger partial charge in [-0.05, 0) is 24.7 Å². The number of nitrogens with zero attached hydrogens (tertiary/aromatic N) is 4. The first kappa shape index (κ1) is 12.6. The molecule has 0 bridgehead atoms. The molecule has 19 heavy (non-hydrogen) atoms. The summed E-state index contributed by atoms with van der Waals surface area (Å²) in [7, 11) is 0. The molecule has 0 spiro atoms. The molecule has 0 radical (unpaired) electrons. The zero-order valence-electron chi connectivity index (χ0n) is 11.0. The normalized spacial score (nSPS) is 17.1. The van der Waals surface area contributed by atoms with E-state index in [1.165, 1.54) is 0 Å². The molecule has 0 N–H and O–H groups in total. The van der Waals surface area contributed by atoms with Crippen molar-refractivity contribution in [3.8, 4) is 0 Å². The topological polar surface area (TPSA) is 32.3 Å². The fourth-order valence-electron chi connectivity index (χ4n) is 2.46. The summed E-state index contributed by atoms with van der Waals surface area (Å²) in [5.74, 6) is 1.03. The SMILES string of the molecule is CCN1CCN(c2ccc3cc(Cl)ncc3n2)CC1. The fourth-order valence-corrected chi connectivity index (χ4v) is 2.62. The van der Waals surface area contributed by atoms with Gasteiger partial charge in [0.25, 0.3) is 0 Å². The molecule has 1 aliphatic heterocycles. The molecule has 1 fully saturated rings. The Hall–Kier alpha value is -1.39. The molecule has 1 saturated heterocycles. The van der Waals surface area contributed by atoms with Crippen molar-refractivity contribution >= 4 is 28.3 Å². The van der Waals surface area contributed by atoms with Gasteiger partial charge in [0.05, 0.1) is 11.7 Å². The number of likely N-dealkylation sites (N-methyl/N-ethyl adjacent to an activating group) is 1. The van der Waals surface area contributed by atoms with E-state index in [2.05, 4.69) is 38.8 Å². The molecule has 0 saturated carbocycles. The Morgan fingerprint density at radius 1 is 1.21 bits per heavy atom. The van der Waals surface area contributed by atoms with Gasteiger partial charge in [0.15, 0.2) is 0 Å². The van der Waals surface area contributed by atoms with Crippen molar-refractivity contribution in [3.05, 3.63) is 29.5 Å². The highest BCUT2D eigenvalue weighted by molar-refractivity contribution is 6.30. The maximum absolute atomic E-state index is 5.88. The van der Waals surface area contributed by atoms with E-state index < -0.39 is 0 Å². The number of rotatable bonds is 2. The lowest BCUT2D eigenvalue weighted by Gasteiger charge is -2.34. The van der Waals surface area contributed by atoms with Gasteiger partial charge in [0.1, 0.15) is 11.0 Å².